The van der Waals surface area contributed by atoms with Gasteiger partial charge in [0.05, 0.1) is 0 Å². The van der Waals surface area contributed by atoms with Crippen LogP contribution in [0.15, 0.2) is 42.5 Å². The second-order valence-electron chi connectivity index (χ2n) is 5.76. The average molecular weight is 288 g/mol. The molecular weight excluding hydrogens is 272 g/mol. The van der Waals surface area contributed by atoms with Gasteiger partial charge in [0, 0.05) is 35.5 Å². The molecule has 2 aromatic carbocycles. The number of likely N-dealkylation sites (N-methyl/N-ethyl adjacent to an activating group) is 1. The molecule has 0 amide bonds. The highest BCUT2D eigenvalue weighted by molar-refractivity contribution is 6.30. The molecule has 2 atom stereocenters. The Morgan fingerprint density at radius 3 is 2.95 bits per heavy atom. The maximum Gasteiger partial charge on any atom is 0.131 e. The van der Waals surface area contributed by atoms with Crippen molar-refractivity contribution in [1.29, 1.82) is 0 Å². The first-order chi connectivity index (χ1) is 9.72. The third-order valence-electron chi connectivity index (χ3n) is 4.41. The van der Waals surface area contributed by atoms with E-state index in [9.17, 15) is 0 Å². The highest BCUT2D eigenvalue weighted by atomic mass is 35.5. The second-order valence-corrected chi connectivity index (χ2v) is 6.19. The summed E-state index contributed by atoms with van der Waals surface area (Å²) in [5.74, 6) is 2.87. The predicted molar refractivity (Wildman–Crippen MR) is 80.9 cm³/mol. The molecule has 3 heteroatoms. The first-order valence-corrected chi connectivity index (χ1v) is 7.35. The molecule has 0 radical (unpaired) electrons. The van der Waals surface area contributed by atoms with Gasteiger partial charge in [-0.25, -0.2) is 0 Å². The summed E-state index contributed by atoms with van der Waals surface area (Å²) in [5, 5.41) is 0.784. The molecule has 0 aliphatic carbocycles. The average Bonchev–Trinajstić information content (AvgIpc) is 2.78. The van der Waals surface area contributed by atoms with Crippen LogP contribution in [-0.2, 0) is 0 Å². The van der Waals surface area contributed by atoms with Gasteiger partial charge in [0.1, 0.15) is 11.5 Å². The van der Waals surface area contributed by atoms with Crippen molar-refractivity contribution in [3.8, 4) is 11.5 Å². The van der Waals surface area contributed by atoms with Gasteiger partial charge in [-0.1, -0.05) is 29.8 Å². The number of fused-ring (bicyclic) bond motifs is 5. The van der Waals surface area contributed by atoms with Gasteiger partial charge in [0.2, 0.25) is 0 Å². The van der Waals surface area contributed by atoms with Gasteiger partial charge in [-0.2, -0.15) is 0 Å². The van der Waals surface area contributed by atoms with Crippen molar-refractivity contribution in [3.63, 3.8) is 0 Å². The van der Waals surface area contributed by atoms with E-state index in [0.29, 0.717) is 11.8 Å². The number of rotatable bonds is 0. The first kappa shape index (κ1) is 12.2. The molecule has 2 aliphatic rings. The Bertz CT molecular complexity index is 670. The SMILES string of the molecule is CN1C[C@@H]2c3cc(Cl)ccc3Oc3ccccc3[14C@@H]2C1. The molecule has 0 bridgehead atoms. The fourth-order valence-electron chi connectivity index (χ4n) is 3.53. The van der Waals surface area contributed by atoms with Gasteiger partial charge < -0.3 is 9.64 Å². The van der Waals surface area contributed by atoms with Gasteiger partial charge >= 0.3 is 0 Å². The highest BCUT2D eigenvalue weighted by Crippen LogP contribution is 2.49. The van der Waals surface area contributed by atoms with E-state index < -0.39 is 0 Å². The molecule has 0 saturated carbocycles. The summed E-state index contributed by atoms with van der Waals surface area (Å²) in [6.07, 6.45) is 0. The molecule has 2 aliphatic heterocycles. The summed E-state index contributed by atoms with van der Waals surface area (Å²) in [7, 11) is 2.18. The summed E-state index contributed by atoms with van der Waals surface area (Å²) >= 11 is 6.20. The summed E-state index contributed by atoms with van der Waals surface area (Å²) in [5.41, 5.74) is 2.55. The zero-order valence-electron chi connectivity index (χ0n) is 11.3. The Morgan fingerprint density at radius 1 is 1.20 bits per heavy atom. The van der Waals surface area contributed by atoms with Crippen LogP contribution in [0.25, 0.3) is 0 Å². The second kappa shape index (κ2) is 4.51. The minimum atomic E-state index is 0.456. The van der Waals surface area contributed by atoms with Crippen molar-refractivity contribution in [2.75, 3.05) is 20.1 Å². The monoisotopic (exact) mass is 287 g/mol. The number of hydrogen-bond acceptors (Lipinski definition) is 2. The summed E-state index contributed by atoms with van der Waals surface area (Å²) < 4.78 is 6.15. The van der Waals surface area contributed by atoms with Crippen LogP contribution in [0.3, 0.4) is 0 Å². The van der Waals surface area contributed by atoms with E-state index in [1.54, 1.807) is 0 Å². The Morgan fingerprint density at radius 2 is 2.05 bits per heavy atom. The van der Waals surface area contributed by atoms with Gasteiger partial charge in [-0.3, -0.25) is 0 Å². The number of para-hydroxylation sites is 1. The van der Waals surface area contributed by atoms with Crippen LogP contribution in [0, 0.1) is 0 Å². The molecule has 102 valence electrons. The van der Waals surface area contributed by atoms with Gasteiger partial charge in [0.15, 0.2) is 0 Å². The molecule has 20 heavy (non-hydrogen) atoms. The molecule has 1 fully saturated rings. The lowest BCUT2D eigenvalue weighted by molar-refractivity contribution is 0.401. The Hall–Kier alpha value is -1.51. The standard InChI is InChI=1S/C17H16ClNO/c1-19-9-14-12-4-2-3-5-16(12)20-17-7-6-11(18)8-13(17)15(14)10-19/h2-8,14-15H,9-10H2,1H3/t14-,15+/m0/s1/i14+2. The van der Waals surface area contributed by atoms with Crippen LogP contribution in [0.5, 0.6) is 11.5 Å². The summed E-state index contributed by atoms with van der Waals surface area (Å²) in [6, 6.07) is 14.4. The number of halogens is 1. The van der Waals surface area contributed by atoms with E-state index >= 15 is 0 Å². The molecule has 0 unspecified atom stereocenters. The summed E-state index contributed by atoms with van der Waals surface area (Å²) in [6.45, 7) is 2.12. The maximum absolute atomic E-state index is 6.20. The van der Waals surface area contributed by atoms with Crippen molar-refractivity contribution in [3.05, 3.63) is 58.6 Å². The fourth-order valence-corrected chi connectivity index (χ4v) is 3.71. The van der Waals surface area contributed by atoms with Crippen molar-refractivity contribution >= 4 is 11.6 Å². The van der Waals surface area contributed by atoms with Crippen molar-refractivity contribution in [2.45, 2.75) is 11.8 Å². The van der Waals surface area contributed by atoms with E-state index in [0.717, 1.165) is 29.6 Å². The lowest BCUT2D eigenvalue weighted by Crippen LogP contribution is -2.14. The van der Waals surface area contributed by atoms with Gasteiger partial charge in [-0.05, 0) is 36.9 Å². The van der Waals surface area contributed by atoms with Crippen LogP contribution < -0.4 is 4.74 Å². The topological polar surface area (TPSA) is 12.5 Å². The zero-order chi connectivity index (χ0) is 13.7. The number of hydrogen-bond donors (Lipinski definition) is 0. The number of benzene rings is 2. The van der Waals surface area contributed by atoms with Crippen LogP contribution in [0.1, 0.15) is 23.0 Å². The highest BCUT2D eigenvalue weighted by Gasteiger charge is 2.38. The third kappa shape index (κ3) is 1.83. The van der Waals surface area contributed by atoms with Gasteiger partial charge in [0.25, 0.3) is 0 Å². The molecule has 1 saturated heterocycles. The fraction of sp³-hybridized carbons (Fsp3) is 0.294. The quantitative estimate of drug-likeness (QED) is 0.718. The van der Waals surface area contributed by atoms with E-state index in [1.807, 2.05) is 18.2 Å². The van der Waals surface area contributed by atoms with Crippen LogP contribution in [0.4, 0.5) is 0 Å². The van der Waals surface area contributed by atoms with E-state index in [2.05, 4.69) is 36.2 Å². The summed E-state index contributed by atoms with van der Waals surface area (Å²) in [4.78, 5) is 2.39. The van der Waals surface area contributed by atoms with Crippen LogP contribution in [0.2, 0.25) is 5.02 Å². The Labute approximate surface area is 123 Å². The van der Waals surface area contributed by atoms with Crippen LogP contribution in [-0.4, -0.2) is 25.0 Å². The lowest BCUT2D eigenvalue weighted by atomic mass is 10.1. The lowest BCUT2D eigenvalue weighted by Gasteiger charge is -2.17. The normalized spacial score (nSPS) is 24.3. The Kier molecular flexibility index (Phi) is 2.76. The number of nitrogens with zero attached hydrogens (tertiary/aromatic N) is 1. The van der Waals surface area contributed by atoms with Gasteiger partial charge in [-0.15, -0.1) is 0 Å². The zero-order valence-corrected chi connectivity index (χ0v) is 12.1. The number of likely N-dealkylation sites (tertiary alicyclic amines) is 1. The molecule has 2 heterocycles. The molecule has 2 aromatic rings. The molecular formula is C17H16ClNO. The van der Waals surface area contributed by atoms with E-state index in [1.165, 1.54) is 11.1 Å². The maximum atomic E-state index is 6.20. The van der Waals surface area contributed by atoms with Crippen LogP contribution >= 0.6 is 11.6 Å². The minimum absolute atomic E-state index is 0.456. The Balaban J connectivity index is 1.93. The number of ether oxygens (including phenoxy) is 1. The van der Waals surface area contributed by atoms with Crippen molar-refractivity contribution in [2.24, 2.45) is 0 Å². The molecule has 4 rings (SSSR count). The van der Waals surface area contributed by atoms with E-state index in [-0.39, 0.29) is 0 Å². The molecule has 0 spiro atoms. The smallest absolute Gasteiger partial charge is 0.131 e. The molecule has 0 aromatic heterocycles. The van der Waals surface area contributed by atoms with Crippen molar-refractivity contribution in [1.82, 2.24) is 4.90 Å². The first-order valence-electron chi connectivity index (χ1n) is 6.97. The van der Waals surface area contributed by atoms with Crippen molar-refractivity contribution < 1.29 is 4.74 Å². The molecule has 2 nitrogen and oxygen atoms in total. The predicted octanol–water partition coefficient (Wildman–Crippen LogP) is 4.26. The molecule has 0 N–H and O–H groups in total. The van der Waals surface area contributed by atoms with E-state index in [4.69, 9.17) is 16.3 Å². The third-order valence-corrected chi connectivity index (χ3v) is 4.65. The largest absolute Gasteiger partial charge is 0.457 e. The minimum Gasteiger partial charge on any atom is -0.457 e.